The van der Waals surface area contributed by atoms with Crippen LogP contribution in [0.4, 0.5) is 5.69 Å². The van der Waals surface area contributed by atoms with Crippen LogP contribution < -0.4 is 14.8 Å². The van der Waals surface area contributed by atoms with Gasteiger partial charge in [0, 0.05) is 17.3 Å². The topological polar surface area (TPSA) is 97.7 Å². The number of hydrogen-bond acceptors (Lipinski definition) is 6. The average molecular weight is 493 g/mol. The number of anilines is 1. The molecule has 4 rings (SSSR count). The predicted molar refractivity (Wildman–Crippen MR) is 141 cm³/mol. The van der Waals surface area contributed by atoms with Crippen molar-refractivity contribution in [3.05, 3.63) is 107 Å². The van der Waals surface area contributed by atoms with Crippen molar-refractivity contribution in [1.82, 2.24) is 0 Å². The molecule has 0 aliphatic carbocycles. The second kappa shape index (κ2) is 11.6. The Morgan fingerprint density at radius 1 is 0.946 bits per heavy atom. The smallest absolute Gasteiger partial charge is 0.337 e. The van der Waals surface area contributed by atoms with Crippen LogP contribution in [0.15, 0.2) is 90.5 Å². The highest BCUT2D eigenvalue weighted by molar-refractivity contribution is 6.10. The molecule has 4 aromatic carbocycles. The summed E-state index contributed by atoms with van der Waals surface area (Å²) in [5, 5.41) is 14.6. The van der Waals surface area contributed by atoms with Crippen LogP contribution in [0.5, 0.6) is 11.5 Å². The maximum absolute atomic E-state index is 12.8. The van der Waals surface area contributed by atoms with Gasteiger partial charge in [-0.1, -0.05) is 42.5 Å². The highest BCUT2D eigenvalue weighted by Crippen LogP contribution is 2.29. The number of nitriles is 1. The minimum atomic E-state index is -0.593. The quantitative estimate of drug-likeness (QED) is 0.191. The molecule has 0 fully saturated rings. The van der Waals surface area contributed by atoms with Crippen LogP contribution >= 0.6 is 0 Å². The summed E-state index contributed by atoms with van der Waals surface area (Å²) in [7, 11) is 2.85. The summed E-state index contributed by atoms with van der Waals surface area (Å²) in [6.45, 7) is 0.288. The third-order valence-corrected chi connectivity index (χ3v) is 5.71. The first-order valence-corrected chi connectivity index (χ1v) is 11.4. The molecular formula is C30H24N2O5. The van der Waals surface area contributed by atoms with Gasteiger partial charge in [0.05, 0.1) is 19.8 Å². The molecule has 0 saturated heterocycles. The zero-order valence-corrected chi connectivity index (χ0v) is 20.4. The number of fused-ring (bicyclic) bond motifs is 1. The maximum atomic E-state index is 12.8. The Morgan fingerprint density at radius 3 is 2.43 bits per heavy atom. The third-order valence-electron chi connectivity index (χ3n) is 5.71. The van der Waals surface area contributed by atoms with E-state index in [2.05, 4.69) is 10.1 Å². The number of carbonyl (C=O) groups excluding carboxylic acids is 2. The Hall–Kier alpha value is -5.09. The number of carbonyl (C=O) groups is 2. The van der Waals surface area contributed by atoms with E-state index < -0.39 is 11.9 Å². The zero-order valence-electron chi connectivity index (χ0n) is 20.4. The molecule has 0 heterocycles. The Labute approximate surface area is 214 Å². The minimum absolute atomic E-state index is 0.114. The Morgan fingerprint density at radius 2 is 1.70 bits per heavy atom. The van der Waals surface area contributed by atoms with Crippen molar-refractivity contribution < 1.29 is 23.8 Å². The van der Waals surface area contributed by atoms with Crippen molar-refractivity contribution in [3.63, 3.8) is 0 Å². The number of ether oxygens (including phenoxy) is 3. The molecule has 1 N–H and O–H groups in total. The molecule has 0 saturated carbocycles. The van der Waals surface area contributed by atoms with Gasteiger partial charge in [0.25, 0.3) is 5.91 Å². The van der Waals surface area contributed by atoms with Crippen LogP contribution in [0.3, 0.4) is 0 Å². The lowest BCUT2D eigenvalue weighted by atomic mass is 10.1. The van der Waals surface area contributed by atoms with Gasteiger partial charge in [-0.15, -0.1) is 0 Å². The fourth-order valence-corrected chi connectivity index (χ4v) is 3.77. The first kappa shape index (κ1) is 25.0. The van der Waals surface area contributed by atoms with E-state index in [-0.39, 0.29) is 12.2 Å². The van der Waals surface area contributed by atoms with Gasteiger partial charge < -0.3 is 19.5 Å². The van der Waals surface area contributed by atoms with Crippen molar-refractivity contribution in [2.75, 3.05) is 19.5 Å². The van der Waals surface area contributed by atoms with Gasteiger partial charge in [-0.05, 0) is 58.8 Å². The number of nitrogens with one attached hydrogen (secondary N) is 1. The van der Waals surface area contributed by atoms with Gasteiger partial charge in [0.2, 0.25) is 0 Å². The van der Waals surface area contributed by atoms with Crippen LogP contribution in [0.1, 0.15) is 21.5 Å². The number of hydrogen-bond donors (Lipinski definition) is 1. The second-order valence-corrected chi connectivity index (χ2v) is 8.02. The predicted octanol–water partition coefficient (Wildman–Crippen LogP) is 5.76. The summed E-state index contributed by atoms with van der Waals surface area (Å²) < 4.78 is 16.2. The first-order chi connectivity index (χ1) is 18.0. The van der Waals surface area contributed by atoms with Gasteiger partial charge in [-0.3, -0.25) is 4.79 Å². The van der Waals surface area contributed by atoms with E-state index in [1.165, 1.54) is 25.3 Å². The third kappa shape index (κ3) is 5.95. The number of rotatable bonds is 8. The molecule has 7 nitrogen and oxygen atoms in total. The van der Waals surface area contributed by atoms with Crippen molar-refractivity contribution >= 4 is 34.4 Å². The largest absolute Gasteiger partial charge is 0.497 e. The van der Waals surface area contributed by atoms with Crippen LogP contribution in [0.25, 0.3) is 16.8 Å². The summed E-state index contributed by atoms with van der Waals surface area (Å²) in [4.78, 5) is 24.4. The van der Waals surface area contributed by atoms with Crippen LogP contribution in [-0.2, 0) is 16.1 Å². The minimum Gasteiger partial charge on any atom is -0.497 e. The molecule has 0 unspecified atom stereocenters. The van der Waals surface area contributed by atoms with Crippen molar-refractivity contribution in [2.45, 2.75) is 6.61 Å². The number of nitrogens with zero attached hydrogens (tertiary/aromatic N) is 1. The fourth-order valence-electron chi connectivity index (χ4n) is 3.77. The van der Waals surface area contributed by atoms with Crippen molar-refractivity contribution in [3.8, 4) is 17.6 Å². The highest BCUT2D eigenvalue weighted by atomic mass is 16.5. The summed E-state index contributed by atoms with van der Waals surface area (Å²) in [6.07, 6.45) is 1.47. The monoisotopic (exact) mass is 492 g/mol. The molecule has 0 atom stereocenters. The number of amides is 1. The van der Waals surface area contributed by atoms with E-state index in [0.717, 1.165) is 16.3 Å². The second-order valence-electron chi connectivity index (χ2n) is 8.02. The van der Waals surface area contributed by atoms with E-state index in [1.54, 1.807) is 37.4 Å². The molecule has 0 radical (unpaired) electrons. The van der Waals surface area contributed by atoms with E-state index in [9.17, 15) is 14.9 Å². The lowest BCUT2D eigenvalue weighted by Gasteiger charge is -2.13. The average Bonchev–Trinajstić information content (AvgIpc) is 2.94. The van der Waals surface area contributed by atoms with E-state index in [4.69, 9.17) is 9.47 Å². The lowest BCUT2D eigenvalue weighted by molar-refractivity contribution is -0.112. The van der Waals surface area contributed by atoms with Gasteiger partial charge >= 0.3 is 5.97 Å². The molecule has 0 bridgehead atoms. The molecule has 0 aromatic heterocycles. The molecule has 184 valence electrons. The van der Waals surface area contributed by atoms with Gasteiger partial charge in [0.1, 0.15) is 29.7 Å². The molecular weight excluding hydrogens is 468 g/mol. The van der Waals surface area contributed by atoms with E-state index in [0.29, 0.717) is 28.3 Å². The Bertz CT molecular complexity index is 1510. The normalized spacial score (nSPS) is 10.9. The summed E-state index contributed by atoms with van der Waals surface area (Å²) in [5.41, 5.74) is 2.22. The standard InChI is InChI=1S/C30H24N2O5/c1-35-26-15-12-22(28(17-26)37-19-23-8-5-7-20-6-3-4-9-27(20)23)16-24(18-31)29(33)32-25-13-10-21(11-14-25)30(34)36-2/h3-17H,19H2,1-2H3,(H,32,33)/b24-16+. The van der Waals surface area contributed by atoms with Crippen molar-refractivity contribution in [2.24, 2.45) is 0 Å². The zero-order chi connectivity index (χ0) is 26.2. The fraction of sp³-hybridized carbons (Fsp3) is 0.100. The molecule has 37 heavy (non-hydrogen) atoms. The summed E-state index contributed by atoms with van der Waals surface area (Å²) in [6, 6.07) is 27.4. The molecule has 4 aromatic rings. The van der Waals surface area contributed by atoms with E-state index >= 15 is 0 Å². The Kier molecular flexibility index (Phi) is 7.82. The van der Waals surface area contributed by atoms with Gasteiger partial charge in [-0.25, -0.2) is 4.79 Å². The lowest BCUT2D eigenvalue weighted by Crippen LogP contribution is -2.13. The maximum Gasteiger partial charge on any atom is 0.337 e. The molecule has 0 aliphatic heterocycles. The Balaban J connectivity index is 1.57. The van der Waals surface area contributed by atoms with Gasteiger partial charge in [0.15, 0.2) is 0 Å². The first-order valence-electron chi connectivity index (χ1n) is 11.4. The summed E-state index contributed by atoms with van der Waals surface area (Å²) in [5.74, 6) is -0.0239. The molecule has 7 heteroatoms. The number of benzene rings is 4. The molecule has 0 aliphatic rings. The van der Waals surface area contributed by atoms with Crippen LogP contribution in [0.2, 0.25) is 0 Å². The van der Waals surface area contributed by atoms with Crippen LogP contribution in [0, 0.1) is 11.3 Å². The SMILES string of the molecule is COC(=O)c1ccc(NC(=O)/C(C#N)=C/c2ccc(OC)cc2OCc2cccc3ccccc23)cc1. The van der Waals surface area contributed by atoms with Gasteiger partial charge in [-0.2, -0.15) is 5.26 Å². The number of methoxy groups -OCH3 is 2. The molecule has 1 amide bonds. The highest BCUT2D eigenvalue weighted by Gasteiger charge is 2.14. The molecule has 0 spiro atoms. The van der Waals surface area contributed by atoms with E-state index in [1.807, 2.05) is 48.5 Å². The summed E-state index contributed by atoms with van der Waals surface area (Å²) >= 11 is 0. The van der Waals surface area contributed by atoms with Crippen molar-refractivity contribution in [1.29, 1.82) is 5.26 Å². The van der Waals surface area contributed by atoms with Crippen LogP contribution in [-0.4, -0.2) is 26.1 Å². The number of esters is 1.